The molecular formula is C19H28O5. The second-order valence-electron chi connectivity index (χ2n) is 5.88. The maximum Gasteiger partial charge on any atom is 0.328 e. The van der Waals surface area contributed by atoms with Crippen LogP contribution < -0.4 is 0 Å². The minimum atomic E-state index is -1.03. The zero-order valence-corrected chi connectivity index (χ0v) is 14.7. The van der Waals surface area contributed by atoms with E-state index in [-0.39, 0.29) is 6.42 Å². The minimum absolute atomic E-state index is 0.113. The molecule has 0 aliphatic rings. The average molecular weight is 336 g/mol. The standard InChI is InChI=1S/C19H28O5/c1-13(10-15(3)8-9-19(23)24)6-5-7-14(2)11-17(21)18(22)12-16(4)20/h5-11,16-18,20-22H,12H2,1-4H3,(H,23,24)/b7-5+,9-8+,13-6+,14-11+,15-10+. The first kappa shape index (κ1) is 22.1. The maximum atomic E-state index is 10.4. The van der Waals surface area contributed by atoms with Crippen LogP contribution in [0.4, 0.5) is 0 Å². The highest BCUT2D eigenvalue weighted by Gasteiger charge is 2.15. The summed E-state index contributed by atoms with van der Waals surface area (Å²) in [5, 5.41) is 37.3. The van der Waals surface area contributed by atoms with E-state index in [9.17, 15) is 20.1 Å². The molecular weight excluding hydrogens is 308 g/mol. The largest absolute Gasteiger partial charge is 0.478 e. The predicted octanol–water partition coefficient (Wildman–Crippen LogP) is 2.51. The van der Waals surface area contributed by atoms with Crippen LogP contribution in [0.25, 0.3) is 0 Å². The van der Waals surface area contributed by atoms with E-state index in [0.29, 0.717) is 0 Å². The molecule has 0 spiro atoms. The second-order valence-corrected chi connectivity index (χ2v) is 5.88. The van der Waals surface area contributed by atoms with Crippen LogP contribution in [-0.4, -0.2) is 44.7 Å². The van der Waals surface area contributed by atoms with Gasteiger partial charge in [0.25, 0.3) is 0 Å². The normalized spacial score (nSPS) is 18.2. The first-order valence-corrected chi connectivity index (χ1v) is 7.78. The third kappa shape index (κ3) is 11.6. The van der Waals surface area contributed by atoms with Crippen LogP contribution >= 0.6 is 0 Å². The van der Waals surface area contributed by atoms with Crippen LogP contribution in [0, 0.1) is 0 Å². The second kappa shape index (κ2) is 11.6. The number of aliphatic hydroxyl groups excluding tert-OH is 3. The summed E-state index contributed by atoms with van der Waals surface area (Å²) >= 11 is 0. The first-order chi connectivity index (χ1) is 11.1. The molecule has 0 aromatic heterocycles. The Bertz CT molecular complexity index is 550. The Kier molecular flexibility index (Phi) is 10.6. The van der Waals surface area contributed by atoms with Crippen molar-refractivity contribution >= 4 is 5.97 Å². The van der Waals surface area contributed by atoms with E-state index in [1.165, 1.54) is 12.2 Å². The molecule has 0 fully saturated rings. The van der Waals surface area contributed by atoms with Crippen molar-refractivity contribution in [3.63, 3.8) is 0 Å². The summed E-state index contributed by atoms with van der Waals surface area (Å²) in [4.78, 5) is 10.4. The highest BCUT2D eigenvalue weighted by molar-refractivity contribution is 5.80. The highest BCUT2D eigenvalue weighted by Crippen LogP contribution is 2.08. The molecule has 0 aromatic rings. The number of hydrogen-bond acceptors (Lipinski definition) is 4. The van der Waals surface area contributed by atoms with E-state index in [4.69, 9.17) is 5.11 Å². The SMILES string of the molecule is CC(=C\C=C\C(C)=C\C(O)C(O)CC(C)O)/C=C(C)/C=C/C(=O)O. The van der Waals surface area contributed by atoms with E-state index in [1.54, 1.807) is 26.0 Å². The third-order valence-corrected chi connectivity index (χ3v) is 3.07. The summed E-state index contributed by atoms with van der Waals surface area (Å²) in [5.41, 5.74) is 2.55. The van der Waals surface area contributed by atoms with Crippen LogP contribution in [0.15, 0.2) is 59.3 Å². The molecule has 0 aromatic carbocycles. The lowest BCUT2D eigenvalue weighted by molar-refractivity contribution is -0.131. The molecule has 3 atom stereocenters. The van der Waals surface area contributed by atoms with Crippen LogP contribution in [0.1, 0.15) is 34.1 Å². The van der Waals surface area contributed by atoms with Crippen LogP contribution in [0.3, 0.4) is 0 Å². The molecule has 0 bridgehead atoms. The van der Waals surface area contributed by atoms with Crippen molar-refractivity contribution in [3.05, 3.63) is 59.3 Å². The summed E-state index contributed by atoms with van der Waals surface area (Å²) in [5.74, 6) is -0.985. The van der Waals surface area contributed by atoms with E-state index in [2.05, 4.69) is 0 Å². The number of carbonyl (C=O) groups is 1. The topological polar surface area (TPSA) is 98.0 Å². The van der Waals surface area contributed by atoms with Gasteiger partial charge in [0.05, 0.1) is 18.3 Å². The fourth-order valence-corrected chi connectivity index (χ4v) is 1.93. The summed E-state index contributed by atoms with van der Waals surface area (Å²) in [7, 11) is 0. The predicted molar refractivity (Wildman–Crippen MR) is 95.5 cm³/mol. The number of hydrogen-bond donors (Lipinski definition) is 4. The van der Waals surface area contributed by atoms with E-state index in [0.717, 1.165) is 22.8 Å². The Morgan fingerprint density at radius 2 is 1.58 bits per heavy atom. The molecule has 0 aliphatic heterocycles. The summed E-state index contributed by atoms with van der Waals surface area (Å²) in [6.07, 6.45) is 8.85. The van der Waals surface area contributed by atoms with E-state index in [1.807, 2.05) is 26.0 Å². The van der Waals surface area contributed by atoms with Crippen LogP contribution in [0.2, 0.25) is 0 Å². The lowest BCUT2D eigenvalue weighted by atomic mass is 10.0. The summed E-state index contributed by atoms with van der Waals surface area (Å²) in [6.45, 7) is 7.06. The molecule has 24 heavy (non-hydrogen) atoms. The van der Waals surface area contributed by atoms with Gasteiger partial charge in [0, 0.05) is 12.5 Å². The number of carboxylic acids is 1. The van der Waals surface area contributed by atoms with Gasteiger partial charge in [-0.3, -0.25) is 0 Å². The van der Waals surface area contributed by atoms with Crippen LogP contribution in [-0.2, 0) is 4.79 Å². The molecule has 5 heteroatoms. The monoisotopic (exact) mass is 336 g/mol. The van der Waals surface area contributed by atoms with Gasteiger partial charge in [-0.2, -0.15) is 0 Å². The molecule has 0 heterocycles. The lowest BCUT2D eigenvalue weighted by Gasteiger charge is -2.16. The zero-order valence-electron chi connectivity index (χ0n) is 14.7. The molecule has 0 rings (SSSR count). The van der Waals surface area contributed by atoms with Gasteiger partial charge in [0.2, 0.25) is 0 Å². The van der Waals surface area contributed by atoms with Crippen molar-refractivity contribution in [2.24, 2.45) is 0 Å². The van der Waals surface area contributed by atoms with Gasteiger partial charge in [0.1, 0.15) is 0 Å². The van der Waals surface area contributed by atoms with Crippen molar-refractivity contribution in [1.82, 2.24) is 0 Å². The van der Waals surface area contributed by atoms with Crippen molar-refractivity contribution in [2.75, 3.05) is 0 Å². The van der Waals surface area contributed by atoms with Gasteiger partial charge in [-0.1, -0.05) is 53.2 Å². The average Bonchev–Trinajstić information content (AvgIpc) is 2.44. The Morgan fingerprint density at radius 1 is 0.958 bits per heavy atom. The molecule has 0 saturated heterocycles. The van der Waals surface area contributed by atoms with Gasteiger partial charge >= 0.3 is 5.97 Å². The molecule has 0 amide bonds. The number of carboxylic acid groups (broad SMARTS) is 1. The van der Waals surface area contributed by atoms with E-state index >= 15 is 0 Å². The van der Waals surface area contributed by atoms with Crippen molar-refractivity contribution in [2.45, 2.75) is 52.4 Å². The molecule has 4 N–H and O–H groups in total. The van der Waals surface area contributed by atoms with Gasteiger partial charge in [-0.05, 0) is 27.7 Å². The minimum Gasteiger partial charge on any atom is -0.478 e. The van der Waals surface area contributed by atoms with Gasteiger partial charge in [-0.15, -0.1) is 0 Å². The number of aliphatic hydroxyl groups is 3. The van der Waals surface area contributed by atoms with Gasteiger partial charge < -0.3 is 20.4 Å². The fraction of sp³-hybridized carbons (Fsp3) is 0.421. The molecule has 134 valence electrons. The van der Waals surface area contributed by atoms with Crippen molar-refractivity contribution in [1.29, 1.82) is 0 Å². The summed E-state index contributed by atoms with van der Waals surface area (Å²) in [6, 6.07) is 0. The summed E-state index contributed by atoms with van der Waals surface area (Å²) < 4.78 is 0. The van der Waals surface area contributed by atoms with E-state index < -0.39 is 24.3 Å². The Hall–Kier alpha value is -1.95. The van der Waals surface area contributed by atoms with Gasteiger partial charge in [0.15, 0.2) is 0 Å². The highest BCUT2D eigenvalue weighted by atomic mass is 16.4. The Labute approximate surface area is 143 Å². The number of allylic oxidation sites excluding steroid dienone is 8. The van der Waals surface area contributed by atoms with Gasteiger partial charge in [-0.25, -0.2) is 4.79 Å². The zero-order chi connectivity index (χ0) is 18.7. The van der Waals surface area contributed by atoms with Crippen molar-refractivity contribution < 1.29 is 25.2 Å². The smallest absolute Gasteiger partial charge is 0.328 e. The number of aliphatic carboxylic acids is 1. The Balaban J connectivity index is 4.74. The number of rotatable bonds is 9. The molecule has 0 saturated carbocycles. The third-order valence-electron chi connectivity index (χ3n) is 3.07. The molecule has 0 radical (unpaired) electrons. The quantitative estimate of drug-likeness (QED) is 0.383. The fourth-order valence-electron chi connectivity index (χ4n) is 1.93. The maximum absolute atomic E-state index is 10.4. The molecule has 0 aliphatic carbocycles. The molecule has 5 nitrogen and oxygen atoms in total. The lowest BCUT2D eigenvalue weighted by Crippen LogP contribution is -2.27. The first-order valence-electron chi connectivity index (χ1n) is 7.78. The molecule has 3 unspecified atom stereocenters. The van der Waals surface area contributed by atoms with Crippen molar-refractivity contribution in [3.8, 4) is 0 Å². The van der Waals surface area contributed by atoms with Crippen LogP contribution in [0.5, 0.6) is 0 Å². The Morgan fingerprint density at radius 3 is 2.12 bits per heavy atom.